The van der Waals surface area contributed by atoms with E-state index in [1.807, 2.05) is 24.3 Å². The number of rotatable bonds is 2. The Labute approximate surface area is 132 Å². The van der Waals surface area contributed by atoms with E-state index in [1.165, 1.54) is 0 Å². The monoisotopic (exact) mass is 310 g/mol. The van der Waals surface area contributed by atoms with Gasteiger partial charge in [-0.1, -0.05) is 18.2 Å². The Morgan fingerprint density at radius 3 is 3.00 bits per heavy atom. The Morgan fingerprint density at radius 1 is 1.38 bits per heavy atom. The highest BCUT2D eigenvalue weighted by atomic mass is 35.5. The molecule has 2 aliphatic rings. The van der Waals surface area contributed by atoms with E-state index in [1.54, 1.807) is 0 Å². The van der Waals surface area contributed by atoms with E-state index in [0.29, 0.717) is 18.7 Å². The summed E-state index contributed by atoms with van der Waals surface area (Å²) < 4.78 is 5.69. The van der Waals surface area contributed by atoms with Crippen LogP contribution < -0.4 is 15.4 Å². The molecule has 0 bridgehead atoms. The minimum atomic E-state index is -0.0601. The predicted octanol–water partition coefficient (Wildman–Crippen LogP) is 1.92. The van der Waals surface area contributed by atoms with E-state index in [0.717, 1.165) is 37.1 Å². The van der Waals surface area contributed by atoms with Crippen molar-refractivity contribution in [2.75, 3.05) is 13.2 Å². The van der Waals surface area contributed by atoms with Crippen LogP contribution in [0.4, 0.5) is 0 Å². The molecule has 0 radical (unpaired) electrons. The molecule has 1 fully saturated rings. The Balaban J connectivity index is 0.00000161. The van der Waals surface area contributed by atoms with Crippen LogP contribution in [0.25, 0.3) is 0 Å². The number of hydrogen-bond donors (Lipinski definition) is 2. The molecule has 2 aliphatic heterocycles. The SMILES string of the molecule is CC1CC(NC(=O)C2COc3ccccc3C2)CCN1.Cl. The van der Waals surface area contributed by atoms with Crippen molar-refractivity contribution in [2.24, 2.45) is 5.92 Å². The summed E-state index contributed by atoms with van der Waals surface area (Å²) in [6.07, 6.45) is 2.80. The first-order valence-corrected chi connectivity index (χ1v) is 7.47. The summed E-state index contributed by atoms with van der Waals surface area (Å²) >= 11 is 0. The third kappa shape index (κ3) is 3.89. The highest BCUT2D eigenvalue weighted by molar-refractivity contribution is 5.85. The summed E-state index contributed by atoms with van der Waals surface area (Å²) in [5, 5.41) is 6.59. The van der Waals surface area contributed by atoms with Crippen molar-refractivity contribution in [2.45, 2.75) is 38.3 Å². The molecule has 21 heavy (non-hydrogen) atoms. The first-order chi connectivity index (χ1) is 9.72. The van der Waals surface area contributed by atoms with E-state index in [4.69, 9.17) is 4.74 Å². The van der Waals surface area contributed by atoms with Gasteiger partial charge in [0.25, 0.3) is 0 Å². The molecule has 0 saturated carbocycles. The average molecular weight is 311 g/mol. The maximum Gasteiger partial charge on any atom is 0.227 e. The van der Waals surface area contributed by atoms with Crippen LogP contribution in [-0.2, 0) is 11.2 Å². The van der Waals surface area contributed by atoms with E-state index >= 15 is 0 Å². The first-order valence-electron chi connectivity index (χ1n) is 7.47. The van der Waals surface area contributed by atoms with Crippen LogP contribution in [0.3, 0.4) is 0 Å². The van der Waals surface area contributed by atoms with Gasteiger partial charge in [-0.3, -0.25) is 4.79 Å². The fourth-order valence-corrected chi connectivity index (χ4v) is 3.08. The minimum absolute atomic E-state index is 0. The molecule has 3 unspecified atom stereocenters. The van der Waals surface area contributed by atoms with Gasteiger partial charge < -0.3 is 15.4 Å². The zero-order valence-electron chi connectivity index (χ0n) is 12.3. The Morgan fingerprint density at radius 2 is 2.19 bits per heavy atom. The number of halogens is 1. The van der Waals surface area contributed by atoms with Crippen molar-refractivity contribution in [3.8, 4) is 5.75 Å². The molecule has 2 heterocycles. The van der Waals surface area contributed by atoms with Crippen LogP contribution in [0, 0.1) is 5.92 Å². The van der Waals surface area contributed by atoms with Crippen LogP contribution in [0.15, 0.2) is 24.3 Å². The van der Waals surface area contributed by atoms with E-state index < -0.39 is 0 Å². The maximum absolute atomic E-state index is 12.4. The average Bonchev–Trinajstić information content (AvgIpc) is 2.47. The van der Waals surface area contributed by atoms with Crippen molar-refractivity contribution in [1.29, 1.82) is 0 Å². The fraction of sp³-hybridized carbons (Fsp3) is 0.562. The number of nitrogens with one attached hydrogen (secondary N) is 2. The van der Waals surface area contributed by atoms with Gasteiger partial charge in [-0.25, -0.2) is 0 Å². The van der Waals surface area contributed by atoms with Gasteiger partial charge in [-0.2, -0.15) is 0 Å². The third-order valence-electron chi connectivity index (χ3n) is 4.22. The molecule has 1 saturated heterocycles. The molecule has 116 valence electrons. The van der Waals surface area contributed by atoms with Crippen molar-refractivity contribution in [3.63, 3.8) is 0 Å². The molecule has 0 aliphatic carbocycles. The number of para-hydroxylation sites is 1. The lowest BCUT2D eigenvalue weighted by atomic mass is 9.94. The topological polar surface area (TPSA) is 50.4 Å². The lowest BCUT2D eigenvalue weighted by Crippen LogP contribution is -2.49. The first kappa shape index (κ1) is 16.1. The number of carbonyl (C=O) groups excluding carboxylic acids is 1. The maximum atomic E-state index is 12.4. The highest BCUT2D eigenvalue weighted by Crippen LogP contribution is 2.27. The van der Waals surface area contributed by atoms with Crippen molar-refractivity contribution in [1.82, 2.24) is 10.6 Å². The number of carbonyl (C=O) groups is 1. The Bertz CT molecular complexity index is 495. The van der Waals surface area contributed by atoms with Crippen LogP contribution in [0.5, 0.6) is 5.75 Å². The lowest BCUT2D eigenvalue weighted by Gasteiger charge is -2.31. The summed E-state index contributed by atoms with van der Waals surface area (Å²) in [5.74, 6) is 1.00. The Hall–Kier alpha value is -1.26. The van der Waals surface area contributed by atoms with Crippen LogP contribution in [0.1, 0.15) is 25.3 Å². The summed E-state index contributed by atoms with van der Waals surface area (Å²) in [6, 6.07) is 8.76. The van der Waals surface area contributed by atoms with E-state index in [-0.39, 0.29) is 24.2 Å². The van der Waals surface area contributed by atoms with Gasteiger partial charge in [-0.15, -0.1) is 12.4 Å². The molecular formula is C16H23ClN2O2. The molecule has 1 amide bonds. The van der Waals surface area contributed by atoms with Gasteiger partial charge >= 0.3 is 0 Å². The van der Waals surface area contributed by atoms with Gasteiger partial charge in [-0.05, 0) is 44.4 Å². The number of ether oxygens (including phenoxy) is 1. The third-order valence-corrected chi connectivity index (χ3v) is 4.22. The second-order valence-electron chi connectivity index (χ2n) is 5.90. The predicted molar refractivity (Wildman–Crippen MR) is 85.0 cm³/mol. The summed E-state index contributed by atoms with van der Waals surface area (Å²) in [6.45, 7) is 3.64. The van der Waals surface area contributed by atoms with Crippen molar-refractivity contribution >= 4 is 18.3 Å². The van der Waals surface area contributed by atoms with Gasteiger partial charge in [0.15, 0.2) is 0 Å². The van der Waals surface area contributed by atoms with Crippen molar-refractivity contribution in [3.05, 3.63) is 29.8 Å². The normalized spacial score (nSPS) is 27.8. The summed E-state index contributed by atoms with van der Waals surface area (Å²) in [7, 11) is 0. The fourth-order valence-electron chi connectivity index (χ4n) is 3.08. The Kier molecular flexibility index (Phi) is 5.48. The highest BCUT2D eigenvalue weighted by Gasteiger charge is 2.28. The van der Waals surface area contributed by atoms with Crippen LogP contribution >= 0.6 is 12.4 Å². The largest absolute Gasteiger partial charge is 0.492 e. The van der Waals surface area contributed by atoms with Gasteiger partial charge in [0.05, 0.1) is 5.92 Å². The molecule has 3 rings (SSSR count). The number of fused-ring (bicyclic) bond motifs is 1. The number of amides is 1. The number of benzene rings is 1. The zero-order chi connectivity index (χ0) is 13.9. The van der Waals surface area contributed by atoms with Gasteiger partial charge in [0.2, 0.25) is 5.91 Å². The number of hydrogen-bond acceptors (Lipinski definition) is 3. The quantitative estimate of drug-likeness (QED) is 0.877. The molecule has 0 aromatic heterocycles. The molecule has 2 N–H and O–H groups in total. The van der Waals surface area contributed by atoms with Crippen LogP contribution in [-0.4, -0.2) is 31.1 Å². The smallest absolute Gasteiger partial charge is 0.227 e. The van der Waals surface area contributed by atoms with Gasteiger partial charge in [0, 0.05) is 12.1 Å². The second-order valence-corrected chi connectivity index (χ2v) is 5.90. The molecule has 4 nitrogen and oxygen atoms in total. The molecule has 1 aromatic carbocycles. The van der Waals surface area contributed by atoms with E-state index in [2.05, 4.69) is 17.6 Å². The molecular weight excluding hydrogens is 288 g/mol. The molecule has 1 aromatic rings. The lowest BCUT2D eigenvalue weighted by molar-refractivity contribution is -0.127. The standard InChI is InChI=1S/C16H22N2O2.ClH/c1-11-8-14(6-7-17-11)18-16(19)13-9-12-4-2-3-5-15(12)20-10-13;/h2-5,11,13-14,17H,6-10H2,1H3,(H,18,19);1H. The molecule has 3 atom stereocenters. The summed E-state index contributed by atoms with van der Waals surface area (Å²) in [4.78, 5) is 12.4. The van der Waals surface area contributed by atoms with Crippen molar-refractivity contribution < 1.29 is 9.53 Å². The minimum Gasteiger partial charge on any atom is -0.492 e. The van der Waals surface area contributed by atoms with Gasteiger partial charge in [0.1, 0.15) is 12.4 Å². The summed E-state index contributed by atoms with van der Waals surface area (Å²) in [5.41, 5.74) is 1.14. The molecule has 5 heteroatoms. The number of piperidine rings is 1. The van der Waals surface area contributed by atoms with E-state index in [9.17, 15) is 4.79 Å². The zero-order valence-corrected chi connectivity index (χ0v) is 13.1. The van der Waals surface area contributed by atoms with Crippen LogP contribution in [0.2, 0.25) is 0 Å². The second kappa shape index (κ2) is 7.14. The molecule has 0 spiro atoms.